The first kappa shape index (κ1) is 14.9. The van der Waals surface area contributed by atoms with Crippen molar-refractivity contribution in [1.82, 2.24) is 9.55 Å². The van der Waals surface area contributed by atoms with E-state index in [0.717, 1.165) is 0 Å². The maximum Gasteiger partial charge on any atom is 0.232 e. The highest BCUT2D eigenvalue weighted by atomic mass is 32.2. The highest BCUT2D eigenvalue weighted by Crippen LogP contribution is 2.33. The van der Waals surface area contributed by atoms with Gasteiger partial charge in [-0.1, -0.05) is 0 Å². The van der Waals surface area contributed by atoms with Crippen LogP contribution >= 0.6 is 11.8 Å². The highest BCUT2D eigenvalue weighted by molar-refractivity contribution is 7.99. The number of aromatic nitrogens is 2. The summed E-state index contributed by atoms with van der Waals surface area (Å²) in [6.45, 7) is 1.52. The molecule has 0 amide bonds. The van der Waals surface area contributed by atoms with E-state index < -0.39 is 15.8 Å². The van der Waals surface area contributed by atoms with Crippen molar-refractivity contribution in [2.45, 2.75) is 17.0 Å². The van der Waals surface area contributed by atoms with Gasteiger partial charge in [-0.05, 0) is 36.9 Å². The Hall–Kier alpha value is -1.54. The van der Waals surface area contributed by atoms with Gasteiger partial charge in [0.15, 0.2) is 5.16 Å². The molecule has 0 bridgehead atoms. The molecule has 0 aliphatic carbocycles. The molecule has 2 rings (SSSR count). The summed E-state index contributed by atoms with van der Waals surface area (Å²) in [5, 5.41) is 0.688. The topological polar surface area (TPSA) is 64.0 Å². The molecule has 0 spiro atoms. The summed E-state index contributed by atoms with van der Waals surface area (Å²) >= 11 is 1.27. The van der Waals surface area contributed by atoms with E-state index in [1.807, 2.05) is 7.05 Å². The number of anilines is 1. The lowest BCUT2D eigenvalue weighted by molar-refractivity contribution is 0.602. The summed E-state index contributed by atoms with van der Waals surface area (Å²) in [5.41, 5.74) is 0.222. The van der Waals surface area contributed by atoms with Gasteiger partial charge >= 0.3 is 0 Å². The third-order valence-electron chi connectivity index (χ3n) is 2.57. The van der Waals surface area contributed by atoms with Crippen LogP contribution in [-0.2, 0) is 17.1 Å². The predicted octanol–water partition coefficient (Wildman–Crippen LogP) is 2.47. The first-order valence-corrected chi connectivity index (χ1v) is 8.33. The van der Waals surface area contributed by atoms with E-state index >= 15 is 0 Å². The number of rotatable bonds is 5. The lowest BCUT2D eigenvalue weighted by Crippen LogP contribution is -2.15. The van der Waals surface area contributed by atoms with Gasteiger partial charge in [0.1, 0.15) is 5.82 Å². The van der Waals surface area contributed by atoms with E-state index in [0.29, 0.717) is 10.1 Å². The Morgan fingerprint density at radius 2 is 2.20 bits per heavy atom. The number of benzene rings is 1. The van der Waals surface area contributed by atoms with Gasteiger partial charge in [0, 0.05) is 24.3 Å². The standard InChI is InChI=1S/C12H14FN3O2S2/c1-3-20(17,18)15-10-8-9(13)4-5-11(10)19-12-14-6-7-16(12)2/h4-8,15H,3H2,1-2H3. The minimum atomic E-state index is -3.46. The Balaban J connectivity index is 2.36. The molecule has 1 heterocycles. The largest absolute Gasteiger partial charge is 0.329 e. The summed E-state index contributed by atoms with van der Waals surface area (Å²) in [6, 6.07) is 3.98. The van der Waals surface area contributed by atoms with E-state index in [4.69, 9.17) is 0 Å². The molecule has 0 unspecified atom stereocenters. The van der Waals surface area contributed by atoms with Crippen LogP contribution in [-0.4, -0.2) is 23.7 Å². The number of hydrogen-bond donors (Lipinski definition) is 1. The van der Waals surface area contributed by atoms with Crippen molar-refractivity contribution >= 4 is 27.5 Å². The normalized spacial score (nSPS) is 11.6. The van der Waals surface area contributed by atoms with E-state index in [-0.39, 0.29) is 11.4 Å². The minimum absolute atomic E-state index is 0.0734. The zero-order chi connectivity index (χ0) is 14.8. The molecule has 5 nitrogen and oxygen atoms in total. The van der Waals surface area contributed by atoms with E-state index in [2.05, 4.69) is 9.71 Å². The maximum atomic E-state index is 13.3. The van der Waals surface area contributed by atoms with Crippen LogP contribution in [0.5, 0.6) is 0 Å². The van der Waals surface area contributed by atoms with E-state index in [1.165, 1.54) is 36.9 Å². The van der Waals surface area contributed by atoms with Gasteiger partial charge < -0.3 is 4.57 Å². The predicted molar refractivity (Wildman–Crippen MR) is 76.8 cm³/mol. The number of aryl methyl sites for hydroxylation is 1. The molecule has 108 valence electrons. The van der Waals surface area contributed by atoms with Gasteiger partial charge in [-0.25, -0.2) is 17.8 Å². The molecule has 0 radical (unpaired) electrons. The number of nitrogens with one attached hydrogen (secondary N) is 1. The molecule has 1 aromatic heterocycles. The van der Waals surface area contributed by atoms with Gasteiger partial charge in [-0.2, -0.15) is 0 Å². The van der Waals surface area contributed by atoms with Crippen molar-refractivity contribution in [2.24, 2.45) is 7.05 Å². The molecule has 0 saturated heterocycles. The Morgan fingerprint density at radius 3 is 2.80 bits per heavy atom. The van der Waals surface area contributed by atoms with Crippen molar-refractivity contribution in [2.75, 3.05) is 10.5 Å². The van der Waals surface area contributed by atoms with Crippen molar-refractivity contribution in [3.8, 4) is 0 Å². The molecule has 1 aromatic carbocycles. The molecular weight excluding hydrogens is 301 g/mol. The second kappa shape index (κ2) is 5.84. The van der Waals surface area contributed by atoms with E-state index in [1.54, 1.807) is 17.0 Å². The van der Waals surface area contributed by atoms with Crippen molar-refractivity contribution < 1.29 is 12.8 Å². The fraction of sp³-hybridized carbons (Fsp3) is 0.250. The third-order valence-corrected chi connectivity index (χ3v) is 5.01. The zero-order valence-electron chi connectivity index (χ0n) is 11.0. The summed E-state index contributed by atoms with van der Waals surface area (Å²) in [7, 11) is -1.63. The third kappa shape index (κ3) is 3.51. The van der Waals surface area contributed by atoms with Crippen molar-refractivity contribution in [3.63, 3.8) is 0 Å². The fourth-order valence-corrected chi connectivity index (χ4v) is 3.04. The molecule has 2 aromatic rings. The van der Waals surface area contributed by atoms with Crippen LogP contribution in [0.1, 0.15) is 6.92 Å². The van der Waals surface area contributed by atoms with Crippen molar-refractivity contribution in [3.05, 3.63) is 36.4 Å². The molecule has 20 heavy (non-hydrogen) atoms. The molecular formula is C12H14FN3O2S2. The SMILES string of the molecule is CCS(=O)(=O)Nc1cc(F)ccc1Sc1nccn1C. The first-order chi connectivity index (χ1) is 9.41. The van der Waals surface area contributed by atoms with Crippen LogP contribution in [0.2, 0.25) is 0 Å². The van der Waals surface area contributed by atoms with Crippen LogP contribution in [0, 0.1) is 5.82 Å². The van der Waals surface area contributed by atoms with Gasteiger partial charge in [-0.3, -0.25) is 4.72 Å². The molecule has 1 N–H and O–H groups in total. The van der Waals surface area contributed by atoms with Gasteiger partial charge in [0.25, 0.3) is 0 Å². The summed E-state index contributed by atoms with van der Waals surface area (Å²) in [4.78, 5) is 4.74. The monoisotopic (exact) mass is 315 g/mol. The Labute approximate surface area is 121 Å². The van der Waals surface area contributed by atoms with Crippen molar-refractivity contribution in [1.29, 1.82) is 0 Å². The molecule has 0 aliphatic heterocycles. The molecule has 0 saturated carbocycles. The quantitative estimate of drug-likeness (QED) is 0.920. The zero-order valence-corrected chi connectivity index (χ0v) is 12.6. The lowest BCUT2D eigenvalue weighted by Gasteiger charge is -2.11. The Kier molecular flexibility index (Phi) is 4.34. The average molecular weight is 315 g/mol. The minimum Gasteiger partial charge on any atom is -0.329 e. The first-order valence-electron chi connectivity index (χ1n) is 5.86. The molecule has 0 fully saturated rings. The Morgan fingerprint density at radius 1 is 1.45 bits per heavy atom. The van der Waals surface area contributed by atoms with Gasteiger partial charge in [-0.15, -0.1) is 0 Å². The molecule has 8 heteroatoms. The number of imidazole rings is 1. The summed E-state index contributed by atoms with van der Waals surface area (Å²) < 4.78 is 40.8. The lowest BCUT2D eigenvalue weighted by atomic mass is 10.3. The Bertz CT molecular complexity index is 713. The van der Waals surface area contributed by atoms with Gasteiger partial charge in [0.2, 0.25) is 10.0 Å². The number of halogens is 1. The number of sulfonamides is 1. The van der Waals surface area contributed by atoms with Crippen LogP contribution in [0.4, 0.5) is 10.1 Å². The van der Waals surface area contributed by atoms with Crippen LogP contribution in [0.25, 0.3) is 0 Å². The second-order valence-corrected chi connectivity index (χ2v) is 7.09. The fourth-order valence-electron chi connectivity index (χ4n) is 1.46. The van der Waals surface area contributed by atoms with Crippen LogP contribution in [0.15, 0.2) is 40.6 Å². The maximum absolute atomic E-state index is 13.3. The number of hydrogen-bond acceptors (Lipinski definition) is 4. The van der Waals surface area contributed by atoms with Crippen LogP contribution in [0.3, 0.4) is 0 Å². The molecule has 0 atom stereocenters. The summed E-state index contributed by atoms with van der Waals surface area (Å²) in [6.07, 6.45) is 3.42. The van der Waals surface area contributed by atoms with Crippen LogP contribution < -0.4 is 4.72 Å². The summed E-state index contributed by atoms with van der Waals surface area (Å²) in [5.74, 6) is -0.571. The molecule has 0 aliphatic rings. The average Bonchev–Trinajstić information content (AvgIpc) is 2.78. The second-order valence-electron chi connectivity index (χ2n) is 4.07. The number of nitrogens with zero attached hydrogens (tertiary/aromatic N) is 2. The smallest absolute Gasteiger partial charge is 0.232 e. The van der Waals surface area contributed by atoms with E-state index in [9.17, 15) is 12.8 Å². The highest BCUT2D eigenvalue weighted by Gasteiger charge is 2.14. The van der Waals surface area contributed by atoms with Gasteiger partial charge in [0.05, 0.1) is 11.4 Å².